The summed E-state index contributed by atoms with van der Waals surface area (Å²) in [6, 6.07) is 14.2. The van der Waals surface area contributed by atoms with Crippen molar-refractivity contribution >= 4 is 17.3 Å². The molecule has 4 nitrogen and oxygen atoms in total. The van der Waals surface area contributed by atoms with Crippen molar-refractivity contribution in [3.63, 3.8) is 0 Å². The summed E-state index contributed by atoms with van der Waals surface area (Å²) in [5, 5.41) is 2.96. The Morgan fingerprint density at radius 1 is 0.857 bits per heavy atom. The SMILES string of the molecule is Cc1ccc(NC2=C(N)C(=O)c3ccccc3C2=O)cc1. The number of Topliss-reactive ketones (excluding diaryl/α,β-unsaturated/α-hetero) is 2. The summed E-state index contributed by atoms with van der Waals surface area (Å²) >= 11 is 0. The first-order chi connectivity index (χ1) is 10.1. The number of anilines is 1. The van der Waals surface area contributed by atoms with Crippen LogP contribution in [0.5, 0.6) is 0 Å². The zero-order valence-electron chi connectivity index (χ0n) is 11.5. The largest absolute Gasteiger partial charge is 0.394 e. The van der Waals surface area contributed by atoms with Gasteiger partial charge in [-0.05, 0) is 19.1 Å². The molecule has 0 bridgehead atoms. The molecule has 0 saturated carbocycles. The molecule has 0 unspecified atom stereocenters. The van der Waals surface area contributed by atoms with Gasteiger partial charge in [0.05, 0.1) is 0 Å². The van der Waals surface area contributed by atoms with E-state index >= 15 is 0 Å². The van der Waals surface area contributed by atoms with Crippen LogP contribution in [0.2, 0.25) is 0 Å². The van der Waals surface area contributed by atoms with E-state index in [1.165, 1.54) is 0 Å². The second-order valence-corrected chi connectivity index (χ2v) is 4.98. The normalized spacial score (nSPS) is 14.1. The van der Waals surface area contributed by atoms with Crippen LogP contribution in [0, 0.1) is 6.92 Å². The predicted molar refractivity (Wildman–Crippen MR) is 81.1 cm³/mol. The average Bonchev–Trinajstić information content (AvgIpc) is 2.51. The monoisotopic (exact) mass is 278 g/mol. The fourth-order valence-corrected chi connectivity index (χ4v) is 2.30. The fourth-order valence-electron chi connectivity index (χ4n) is 2.30. The van der Waals surface area contributed by atoms with Crippen LogP contribution in [0.3, 0.4) is 0 Å². The summed E-state index contributed by atoms with van der Waals surface area (Å²) in [5.41, 5.74) is 8.52. The van der Waals surface area contributed by atoms with Gasteiger partial charge in [-0.25, -0.2) is 0 Å². The van der Waals surface area contributed by atoms with Crippen molar-refractivity contribution in [2.75, 3.05) is 5.32 Å². The molecule has 1 aliphatic rings. The maximum atomic E-state index is 12.5. The highest BCUT2D eigenvalue weighted by Gasteiger charge is 2.30. The summed E-state index contributed by atoms with van der Waals surface area (Å²) in [6.07, 6.45) is 0. The quantitative estimate of drug-likeness (QED) is 0.885. The molecule has 3 N–H and O–H groups in total. The van der Waals surface area contributed by atoms with Crippen LogP contribution in [0.4, 0.5) is 5.69 Å². The first-order valence-electron chi connectivity index (χ1n) is 6.60. The molecule has 0 fully saturated rings. The standard InChI is InChI=1S/C17H14N2O2/c1-10-6-8-11(9-7-10)19-15-14(18)16(20)12-4-2-3-5-13(12)17(15)21/h2-9,19H,18H2,1H3. The van der Waals surface area contributed by atoms with Crippen molar-refractivity contribution in [2.45, 2.75) is 6.92 Å². The molecule has 0 aromatic heterocycles. The van der Waals surface area contributed by atoms with Gasteiger partial charge >= 0.3 is 0 Å². The Morgan fingerprint density at radius 3 is 2.05 bits per heavy atom. The third kappa shape index (κ3) is 2.21. The van der Waals surface area contributed by atoms with Crippen LogP contribution >= 0.6 is 0 Å². The van der Waals surface area contributed by atoms with E-state index in [0.717, 1.165) is 11.3 Å². The summed E-state index contributed by atoms with van der Waals surface area (Å²) in [7, 11) is 0. The molecule has 3 rings (SSSR count). The van der Waals surface area contributed by atoms with E-state index < -0.39 is 0 Å². The van der Waals surface area contributed by atoms with Gasteiger partial charge in [0.25, 0.3) is 0 Å². The molecule has 104 valence electrons. The second-order valence-electron chi connectivity index (χ2n) is 4.98. The summed E-state index contributed by atoms with van der Waals surface area (Å²) in [6.45, 7) is 1.98. The molecule has 0 radical (unpaired) electrons. The van der Waals surface area contributed by atoms with E-state index in [-0.39, 0.29) is 23.0 Å². The molecule has 0 saturated heterocycles. The Bertz CT molecular complexity index is 774. The lowest BCUT2D eigenvalue weighted by Crippen LogP contribution is -2.29. The molecule has 0 spiro atoms. The van der Waals surface area contributed by atoms with Crippen molar-refractivity contribution in [1.82, 2.24) is 0 Å². The first kappa shape index (κ1) is 13.1. The predicted octanol–water partition coefficient (Wildman–Crippen LogP) is 2.66. The molecular formula is C17H14N2O2. The molecule has 4 heteroatoms. The Balaban J connectivity index is 2.02. The van der Waals surface area contributed by atoms with E-state index in [1.807, 2.05) is 31.2 Å². The van der Waals surface area contributed by atoms with Crippen LogP contribution in [0.15, 0.2) is 59.9 Å². The number of ketones is 2. The maximum Gasteiger partial charge on any atom is 0.212 e. The van der Waals surface area contributed by atoms with Gasteiger partial charge in [-0.3, -0.25) is 9.59 Å². The van der Waals surface area contributed by atoms with Crippen LogP contribution in [0.1, 0.15) is 26.3 Å². The maximum absolute atomic E-state index is 12.5. The third-order valence-electron chi connectivity index (χ3n) is 3.48. The van der Waals surface area contributed by atoms with Gasteiger partial charge in [0.2, 0.25) is 11.6 Å². The summed E-state index contributed by atoms with van der Waals surface area (Å²) in [5.74, 6) is -0.580. The molecule has 1 aliphatic carbocycles. The zero-order chi connectivity index (χ0) is 15.0. The van der Waals surface area contributed by atoms with E-state index in [1.54, 1.807) is 24.3 Å². The fraction of sp³-hybridized carbons (Fsp3) is 0.0588. The number of aryl methyl sites for hydroxylation is 1. The number of fused-ring (bicyclic) bond motifs is 1. The molecule has 2 aromatic carbocycles. The number of hydrogen-bond acceptors (Lipinski definition) is 4. The summed E-state index contributed by atoms with van der Waals surface area (Å²) in [4.78, 5) is 24.7. The van der Waals surface area contributed by atoms with Crippen molar-refractivity contribution in [3.8, 4) is 0 Å². The molecule has 0 amide bonds. The van der Waals surface area contributed by atoms with Crippen molar-refractivity contribution in [3.05, 3.63) is 76.6 Å². The van der Waals surface area contributed by atoms with Gasteiger partial charge in [-0.15, -0.1) is 0 Å². The highest BCUT2D eigenvalue weighted by molar-refractivity contribution is 6.27. The lowest BCUT2D eigenvalue weighted by Gasteiger charge is -2.19. The number of hydrogen-bond donors (Lipinski definition) is 2. The van der Waals surface area contributed by atoms with Crippen molar-refractivity contribution in [2.24, 2.45) is 5.73 Å². The van der Waals surface area contributed by atoms with Gasteiger partial charge in [0.1, 0.15) is 11.4 Å². The van der Waals surface area contributed by atoms with E-state index in [9.17, 15) is 9.59 Å². The van der Waals surface area contributed by atoms with E-state index in [0.29, 0.717) is 11.1 Å². The van der Waals surface area contributed by atoms with Crippen LogP contribution in [-0.4, -0.2) is 11.6 Å². The number of benzene rings is 2. The highest BCUT2D eigenvalue weighted by atomic mass is 16.1. The van der Waals surface area contributed by atoms with Gasteiger partial charge in [0, 0.05) is 16.8 Å². The van der Waals surface area contributed by atoms with Gasteiger partial charge in [0.15, 0.2) is 0 Å². The molecule has 21 heavy (non-hydrogen) atoms. The van der Waals surface area contributed by atoms with E-state index in [2.05, 4.69) is 5.32 Å². The minimum atomic E-state index is -0.320. The first-order valence-corrected chi connectivity index (χ1v) is 6.60. The highest BCUT2D eigenvalue weighted by Crippen LogP contribution is 2.25. The molecule has 0 heterocycles. The number of nitrogens with two attached hydrogens (primary N) is 1. The van der Waals surface area contributed by atoms with Crippen LogP contribution in [-0.2, 0) is 0 Å². The summed E-state index contributed by atoms with van der Waals surface area (Å²) < 4.78 is 0. The number of nitrogens with one attached hydrogen (secondary N) is 1. The minimum Gasteiger partial charge on any atom is -0.394 e. The Hall–Kier alpha value is -2.88. The third-order valence-corrected chi connectivity index (χ3v) is 3.48. The molecule has 0 aliphatic heterocycles. The molecule has 2 aromatic rings. The topological polar surface area (TPSA) is 72.2 Å². The zero-order valence-corrected chi connectivity index (χ0v) is 11.5. The molecule has 0 atom stereocenters. The van der Waals surface area contributed by atoms with Crippen LogP contribution in [0.25, 0.3) is 0 Å². The number of carbonyl (C=O) groups excluding carboxylic acids is 2. The number of rotatable bonds is 2. The van der Waals surface area contributed by atoms with Crippen LogP contribution < -0.4 is 11.1 Å². The van der Waals surface area contributed by atoms with Crippen molar-refractivity contribution < 1.29 is 9.59 Å². The molecular weight excluding hydrogens is 264 g/mol. The Kier molecular flexibility index (Phi) is 3.06. The van der Waals surface area contributed by atoms with Gasteiger partial charge < -0.3 is 11.1 Å². The smallest absolute Gasteiger partial charge is 0.212 e. The average molecular weight is 278 g/mol. The number of allylic oxidation sites excluding steroid dienone is 2. The van der Waals surface area contributed by atoms with Crippen molar-refractivity contribution in [1.29, 1.82) is 0 Å². The Labute approximate surface area is 122 Å². The van der Waals surface area contributed by atoms with Gasteiger partial charge in [-0.1, -0.05) is 42.0 Å². The lowest BCUT2D eigenvalue weighted by atomic mass is 9.90. The van der Waals surface area contributed by atoms with E-state index in [4.69, 9.17) is 5.73 Å². The second kappa shape index (κ2) is 4.90. The minimum absolute atomic E-state index is 0.0423. The van der Waals surface area contributed by atoms with Gasteiger partial charge in [-0.2, -0.15) is 0 Å². The number of carbonyl (C=O) groups is 2. The Morgan fingerprint density at radius 2 is 1.43 bits per heavy atom. The lowest BCUT2D eigenvalue weighted by molar-refractivity contribution is 0.0974.